The van der Waals surface area contributed by atoms with Gasteiger partial charge in [-0.25, -0.2) is 8.78 Å². The van der Waals surface area contributed by atoms with Crippen LogP contribution >= 0.6 is 0 Å². The second-order valence-electron chi connectivity index (χ2n) is 8.82. The highest BCUT2D eigenvalue weighted by atomic mass is 19.4. The van der Waals surface area contributed by atoms with Crippen molar-refractivity contribution >= 4 is 11.1 Å². The molecule has 3 aromatic rings. The molecule has 0 fully saturated rings. The van der Waals surface area contributed by atoms with Crippen molar-refractivity contribution < 1.29 is 35.1 Å². The molecule has 0 spiro atoms. The molecule has 0 unspecified atom stereocenters. The summed E-state index contributed by atoms with van der Waals surface area (Å²) >= 11 is 0. The molecule has 15 heteroatoms. The molecule has 0 aromatic heterocycles. The van der Waals surface area contributed by atoms with E-state index in [2.05, 4.69) is 0 Å². The van der Waals surface area contributed by atoms with E-state index in [1.54, 1.807) is 0 Å². The molecule has 0 aliphatic carbocycles. The van der Waals surface area contributed by atoms with Crippen LogP contribution in [-0.4, -0.2) is 0 Å². The normalized spacial score (nSPS) is 12.2. The molecular weight excluding hydrogens is 610 g/mol. The summed E-state index contributed by atoms with van der Waals surface area (Å²) in [6, 6.07) is 11.0. The molecule has 218 valence electrons. The maximum atomic E-state index is 15.8. The third-order valence-electron chi connectivity index (χ3n) is 6.33. The van der Waals surface area contributed by atoms with Gasteiger partial charge in [0, 0.05) is 0 Å². The van der Waals surface area contributed by atoms with Gasteiger partial charge >= 0.3 is 12.4 Å². The highest BCUT2D eigenvalue weighted by Crippen LogP contribution is 2.36. The average Bonchev–Trinajstić information content (AvgIpc) is 2.98. The van der Waals surface area contributed by atoms with E-state index in [-0.39, 0.29) is 17.7 Å². The Balaban J connectivity index is 2.72. The van der Waals surface area contributed by atoms with E-state index in [4.69, 9.17) is 5.26 Å². The molecule has 0 bridgehead atoms. The number of hydrogen-bond acceptors (Lipinski definition) is 7. The minimum atomic E-state index is -5.29. The predicted octanol–water partition coefficient (Wildman–Crippen LogP) is 5.11. The molecule has 0 radical (unpaired) electrons. The molecule has 0 atom stereocenters. The third kappa shape index (κ3) is 5.57. The largest absolute Gasteiger partial charge is 0.417 e. The zero-order valence-electron chi connectivity index (χ0n) is 22.0. The maximum Gasteiger partial charge on any atom is 0.417 e. The van der Waals surface area contributed by atoms with Crippen molar-refractivity contribution in [3.8, 4) is 42.5 Å². The van der Waals surface area contributed by atoms with Gasteiger partial charge in [0.05, 0.1) is 60.5 Å². The highest BCUT2D eigenvalue weighted by molar-refractivity contribution is 5.83. The van der Waals surface area contributed by atoms with E-state index in [9.17, 15) is 57.9 Å². The van der Waals surface area contributed by atoms with Crippen LogP contribution in [0.1, 0.15) is 55.6 Å². The summed E-state index contributed by atoms with van der Waals surface area (Å²) in [6.07, 6.45) is -10.5. The van der Waals surface area contributed by atoms with Crippen molar-refractivity contribution in [2.75, 3.05) is 0 Å². The summed E-state index contributed by atoms with van der Waals surface area (Å²) in [5, 5.41) is 64.3. The Hall–Kier alpha value is -6.73. The molecule has 0 amide bonds. The van der Waals surface area contributed by atoms with Crippen LogP contribution < -0.4 is 10.4 Å². The van der Waals surface area contributed by atoms with Gasteiger partial charge in [0.1, 0.15) is 42.5 Å². The van der Waals surface area contributed by atoms with Gasteiger partial charge in [0.2, 0.25) is 0 Å². The molecule has 0 aliphatic rings. The smallest absolute Gasteiger partial charge is 0.203 e. The van der Waals surface area contributed by atoms with E-state index >= 15 is 8.78 Å². The topological polar surface area (TPSA) is 167 Å². The quantitative estimate of drug-likeness (QED) is 0.360. The van der Waals surface area contributed by atoms with Crippen molar-refractivity contribution in [3.63, 3.8) is 0 Å². The van der Waals surface area contributed by atoms with Crippen LogP contribution in [0, 0.1) is 97.9 Å². The van der Waals surface area contributed by atoms with E-state index in [0.717, 1.165) is 13.0 Å². The van der Waals surface area contributed by atoms with Crippen LogP contribution in [0.15, 0.2) is 24.3 Å². The van der Waals surface area contributed by atoms with E-state index in [1.165, 1.54) is 42.5 Å². The van der Waals surface area contributed by atoms with Gasteiger partial charge in [0.15, 0.2) is 11.6 Å². The molecular formula is C30H7F8N7. The molecule has 3 aromatic carbocycles. The van der Waals surface area contributed by atoms with Crippen molar-refractivity contribution in [3.05, 3.63) is 102 Å². The first-order valence-electron chi connectivity index (χ1n) is 11.6. The molecule has 0 heterocycles. The lowest BCUT2D eigenvalue weighted by Gasteiger charge is -2.14. The third-order valence-corrected chi connectivity index (χ3v) is 6.33. The lowest BCUT2D eigenvalue weighted by Crippen LogP contribution is -2.31. The van der Waals surface area contributed by atoms with Gasteiger partial charge in [-0.15, -0.1) is 0 Å². The maximum absolute atomic E-state index is 15.8. The first kappa shape index (κ1) is 32.8. The summed E-state index contributed by atoms with van der Waals surface area (Å²) in [4.78, 5) is 0. The Labute approximate surface area is 247 Å². The molecule has 0 saturated heterocycles. The number of aryl methyl sites for hydroxylation is 1. The van der Waals surface area contributed by atoms with Crippen LogP contribution in [0.3, 0.4) is 0 Å². The van der Waals surface area contributed by atoms with Gasteiger partial charge < -0.3 is 0 Å². The molecule has 0 N–H and O–H groups in total. The zero-order valence-corrected chi connectivity index (χ0v) is 22.0. The van der Waals surface area contributed by atoms with Crippen LogP contribution in [0.25, 0.3) is 11.1 Å². The molecule has 3 rings (SSSR count). The lowest BCUT2D eigenvalue weighted by molar-refractivity contribution is -0.138. The van der Waals surface area contributed by atoms with E-state index in [1.807, 2.05) is 0 Å². The monoisotopic (exact) mass is 617 g/mol. The first-order valence-corrected chi connectivity index (χ1v) is 11.6. The fourth-order valence-corrected chi connectivity index (χ4v) is 4.43. The van der Waals surface area contributed by atoms with Gasteiger partial charge in [0.25, 0.3) is 0 Å². The Bertz CT molecular complexity index is 2250. The number of alkyl halides is 6. The summed E-state index contributed by atoms with van der Waals surface area (Å²) in [7, 11) is 0. The van der Waals surface area contributed by atoms with Gasteiger partial charge in [-0.2, -0.15) is 63.2 Å². The fraction of sp³-hybridized carbons (Fsp3) is 0.100. The van der Waals surface area contributed by atoms with E-state index < -0.39 is 95.6 Å². The van der Waals surface area contributed by atoms with Crippen molar-refractivity contribution in [2.45, 2.75) is 19.3 Å². The summed E-state index contributed by atoms with van der Waals surface area (Å²) in [6.45, 7) is 1.05. The molecule has 0 aliphatic heterocycles. The summed E-state index contributed by atoms with van der Waals surface area (Å²) < 4.78 is 114. The van der Waals surface area contributed by atoms with E-state index in [0.29, 0.717) is 6.07 Å². The second kappa shape index (κ2) is 11.9. The number of hydrogen-bond donors (Lipinski definition) is 0. The Morgan fingerprint density at radius 2 is 0.911 bits per heavy atom. The van der Waals surface area contributed by atoms with Crippen molar-refractivity contribution in [2.24, 2.45) is 0 Å². The fourth-order valence-electron chi connectivity index (χ4n) is 4.43. The number of halogens is 8. The molecule has 7 nitrogen and oxygen atoms in total. The lowest BCUT2D eigenvalue weighted by atomic mass is 9.90. The van der Waals surface area contributed by atoms with Crippen LogP contribution in [0.2, 0.25) is 0 Å². The average molecular weight is 617 g/mol. The number of rotatable bonds is 2. The Morgan fingerprint density at radius 3 is 1.24 bits per heavy atom. The van der Waals surface area contributed by atoms with Gasteiger partial charge in [-0.05, 0) is 47.9 Å². The summed E-state index contributed by atoms with van der Waals surface area (Å²) in [5.74, 6) is -4.28. The zero-order chi connectivity index (χ0) is 34.0. The Morgan fingerprint density at radius 1 is 0.533 bits per heavy atom. The highest BCUT2D eigenvalue weighted by Gasteiger charge is 2.37. The van der Waals surface area contributed by atoms with Crippen LogP contribution in [0.5, 0.6) is 0 Å². The van der Waals surface area contributed by atoms with Crippen LogP contribution in [-0.2, 0) is 12.4 Å². The minimum Gasteiger partial charge on any atom is -0.203 e. The SMILES string of the molecule is Cc1cc(/C(C#N)=c2/c(F)c(F)/c(=C(\C#N)c3cc(C#N)c(C#N)c(C(F)(F)F)c3)c(C#N)c2C#N)cc(C(F)(F)F)c1C#N. The minimum absolute atomic E-state index is 0.168. The first-order chi connectivity index (χ1) is 21.0. The Kier molecular flexibility index (Phi) is 8.65. The van der Waals surface area contributed by atoms with Gasteiger partial charge in [-0.3, -0.25) is 0 Å². The van der Waals surface area contributed by atoms with Gasteiger partial charge in [-0.1, -0.05) is 0 Å². The molecule has 0 saturated carbocycles. The summed E-state index contributed by atoms with van der Waals surface area (Å²) in [5.41, 5.74) is -12.9. The molecule has 45 heavy (non-hydrogen) atoms. The van der Waals surface area contributed by atoms with Crippen LogP contribution in [0.4, 0.5) is 35.1 Å². The number of nitrogens with zero attached hydrogens (tertiary/aromatic N) is 7. The standard InChI is InChI=1S/C30H7F8N7/c1-13-2-14(4-23(17(13)7-40)29(33,34)35)19(9-42)25-21(11-44)22(12-45)26(28(32)27(25)31)20(10-43)15-3-16(6-39)18(8-41)24(5-15)30(36,37)38/h2-5H,1H3/b25-19+,26-20+. The number of nitriles is 7. The predicted molar refractivity (Wildman–Crippen MR) is 133 cm³/mol. The van der Waals surface area contributed by atoms with Crippen molar-refractivity contribution in [1.82, 2.24) is 0 Å². The second-order valence-corrected chi connectivity index (χ2v) is 8.82. The number of benzene rings is 3. The van der Waals surface area contributed by atoms with Crippen molar-refractivity contribution in [1.29, 1.82) is 36.8 Å².